The highest BCUT2D eigenvalue weighted by atomic mass is 32.2. The van der Waals surface area contributed by atoms with Gasteiger partial charge in [-0.1, -0.05) is 13.0 Å². The highest BCUT2D eigenvalue weighted by molar-refractivity contribution is 7.89. The molecule has 2 atom stereocenters. The average molecular weight is 338 g/mol. The van der Waals surface area contributed by atoms with Crippen LogP contribution in [0, 0.1) is 5.92 Å². The van der Waals surface area contributed by atoms with Crippen molar-refractivity contribution in [2.24, 2.45) is 5.92 Å². The fourth-order valence-electron chi connectivity index (χ4n) is 3.55. The van der Waals surface area contributed by atoms with Gasteiger partial charge in [0.2, 0.25) is 10.0 Å². The summed E-state index contributed by atoms with van der Waals surface area (Å²) in [6, 6.07) is 7.56. The summed E-state index contributed by atoms with van der Waals surface area (Å²) >= 11 is 0. The molecule has 0 amide bonds. The van der Waals surface area contributed by atoms with E-state index in [9.17, 15) is 13.5 Å². The van der Waals surface area contributed by atoms with Gasteiger partial charge < -0.3 is 10.4 Å². The molecule has 2 fully saturated rings. The van der Waals surface area contributed by atoms with Gasteiger partial charge in [0.05, 0.1) is 11.0 Å². The molecule has 0 unspecified atom stereocenters. The van der Waals surface area contributed by atoms with Crippen LogP contribution >= 0.6 is 0 Å². The zero-order valence-corrected chi connectivity index (χ0v) is 14.4. The normalized spacial score (nSPS) is 27.2. The first-order valence-corrected chi connectivity index (χ1v) is 9.94. The van der Waals surface area contributed by atoms with Gasteiger partial charge in [-0.3, -0.25) is 0 Å². The largest absolute Gasteiger partial charge is 0.393 e. The lowest BCUT2D eigenvalue weighted by molar-refractivity contribution is 0.113. The van der Waals surface area contributed by atoms with E-state index in [0.717, 1.165) is 24.4 Å². The second kappa shape index (κ2) is 6.79. The predicted octanol–water partition coefficient (Wildman–Crippen LogP) is 2.43. The first kappa shape index (κ1) is 16.7. The standard InChI is InChI=1S/C17H26N2O3S/c1-13-5-6-15(11-13)18-14-3-2-4-17(12-14)23(21,22)19-9-7-16(20)8-10-19/h2-4,12-13,15-16,18,20H,5-11H2,1H3/t13-,15-/m0/s1. The first-order chi connectivity index (χ1) is 10.9. The molecule has 0 bridgehead atoms. The topological polar surface area (TPSA) is 69.6 Å². The number of anilines is 1. The minimum absolute atomic E-state index is 0.338. The van der Waals surface area contributed by atoms with Gasteiger partial charge in [-0.25, -0.2) is 8.42 Å². The molecule has 0 radical (unpaired) electrons. The molecule has 23 heavy (non-hydrogen) atoms. The summed E-state index contributed by atoms with van der Waals surface area (Å²) < 4.78 is 27.0. The van der Waals surface area contributed by atoms with Gasteiger partial charge in [0.25, 0.3) is 0 Å². The number of benzene rings is 1. The molecule has 1 aliphatic heterocycles. The Hall–Kier alpha value is -1.11. The molecule has 1 aromatic carbocycles. The van der Waals surface area contributed by atoms with Gasteiger partial charge in [0, 0.05) is 24.8 Å². The van der Waals surface area contributed by atoms with E-state index in [-0.39, 0.29) is 6.10 Å². The number of piperidine rings is 1. The lowest BCUT2D eigenvalue weighted by Crippen LogP contribution is -2.40. The number of hydrogen-bond donors (Lipinski definition) is 2. The SMILES string of the molecule is C[C@H]1CC[C@H](Nc2cccc(S(=O)(=O)N3CCC(O)CC3)c2)C1. The van der Waals surface area contributed by atoms with Crippen LogP contribution in [0.5, 0.6) is 0 Å². The Bertz CT molecular complexity index is 639. The second-order valence-electron chi connectivity index (χ2n) is 6.92. The van der Waals surface area contributed by atoms with Crippen molar-refractivity contribution in [2.75, 3.05) is 18.4 Å². The lowest BCUT2D eigenvalue weighted by Gasteiger charge is -2.29. The van der Waals surface area contributed by atoms with Crippen LogP contribution in [0.4, 0.5) is 5.69 Å². The van der Waals surface area contributed by atoms with Crippen LogP contribution in [-0.2, 0) is 10.0 Å². The summed E-state index contributed by atoms with van der Waals surface area (Å²) in [5, 5.41) is 13.0. The van der Waals surface area contributed by atoms with Crippen molar-refractivity contribution in [3.05, 3.63) is 24.3 Å². The monoisotopic (exact) mass is 338 g/mol. The molecule has 2 aliphatic rings. The molecule has 1 saturated carbocycles. The zero-order valence-electron chi connectivity index (χ0n) is 13.6. The maximum atomic E-state index is 12.8. The number of hydrogen-bond acceptors (Lipinski definition) is 4. The minimum Gasteiger partial charge on any atom is -0.393 e. The third-order valence-electron chi connectivity index (χ3n) is 4.96. The Morgan fingerprint density at radius 2 is 1.91 bits per heavy atom. The summed E-state index contributed by atoms with van der Waals surface area (Å²) in [7, 11) is -3.47. The van der Waals surface area contributed by atoms with E-state index in [1.165, 1.54) is 10.7 Å². The van der Waals surface area contributed by atoms with Crippen LogP contribution < -0.4 is 5.32 Å². The molecule has 1 aromatic rings. The predicted molar refractivity (Wildman–Crippen MR) is 90.9 cm³/mol. The smallest absolute Gasteiger partial charge is 0.243 e. The molecular weight excluding hydrogens is 312 g/mol. The highest BCUT2D eigenvalue weighted by Gasteiger charge is 2.29. The molecule has 2 N–H and O–H groups in total. The van der Waals surface area contributed by atoms with Crippen LogP contribution in [0.1, 0.15) is 39.0 Å². The molecule has 5 nitrogen and oxygen atoms in total. The van der Waals surface area contributed by atoms with Crippen LogP contribution in [0.3, 0.4) is 0 Å². The molecule has 128 valence electrons. The number of nitrogens with zero attached hydrogens (tertiary/aromatic N) is 1. The van der Waals surface area contributed by atoms with Crippen molar-refractivity contribution in [1.82, 2.24) is 4.31 Å². The van der Waals surface area contributed by atoms with Gasteiger partial charge in [0.15, 0.2) is 0 Å². The number of aliphatic hydroxyl groups is 1. The molecule has 0 aromatic heterocycles. The van der Waals surface area contributed by atoms with Crippen LogP contribution in [0.25, 0.3) is 0 Å². The van der Waals surface area contributed by atoms with Crippen molar-refractivity contribution in [3.63, 3.8) is 0 Å². The van der Waals surface area contributed by atoms with Gasteiger partial charge in [-0.15, -0.1) is 0 Å². The van der Waals surface area contributed by atoms with Crippen LogP contribution in [-0.4, -0.2) is 43.1 Å². The second-order valence-corrected chi connectivity index (χ2v) is 8.86. The number of rotatable bonds is 4. The fraction of sp³-hybridized carbons (Fsp3) is 0.647. The van der Waals surface area contributed by atoms with Crippen LogP contribution in [0.15, 0.2) is 29.2 Å². The Morgan fingerprint density at radius 1 is 1.17 bits per heavy atom. The van der Waals surface area contributed by atoms with Gasteiger partial charge >= 0.3 is 0 Å². The Morgan fingerprint density at radius 3 is 2.57 bits per heavy atom. The van der Waals surface area contributed by atoms with Crippen LogP contribution in [0.2, 0.25) is 0 Å². The highest BCUT2D eigenvalue weighted by Crippen LogP contribution is 2.29. The van der Waals surface area contributed by atoms with E-state index in [2.05, 4.69) is 12.2 Å². The van der Waals surface area contributed by atoms with Crippen molar-refractivity contribution in [3.8, 4) is 0 Å². The molecule has 6 heteroatoms. The Kier molecular flexibility index (Phi) is 4.94. The van der Waals surface area contributed by atoms with Crippen molar-refractivity contribution >= 4 is 15.7 Å². The van der Waals surface area contributed by atoms with Crippen molar-refractivity contribution < 1.29 is 13.5 Å². The molecule has 1 heterocycles. The third-order valence-corrected chi connectivity index (χ3v) is 6.86. The van der Waals surface area contributed by atoms with Gasteiger partial charge in [0.1, 0.15) is 0 Å². The van der Waals surface area contributed by atoms with E-state index in [4.69, 9.17) is 0 Å². The van der Waals surface area contributed by atoms with E-state index >= 15 is 0 Å². The Balaban J connectivity index is 1.73. The minimum atomic E-state index is -3.47. The average Bonchev–Trinajstić information content (AvgIpc) is 2.93. The summed E-state index contributed by atoms with van der Waals surface area (Å²) in [5.41, 5.74) is 0.877. The first-order valence-electron chi connectivity index (χ1n) is 8.50. The molecule has 0 spiro atoms. The summed E-state index contributed by atoms with van der Waals surface area (Å²) in [5.74, 6) is 0.735. The number of sulfonamides is 1. The number of aliphatic hydroxyl groups excluding tert-OH is 1. The van der Waals surface area contributed by atoms with Crippen molar-refractivity contribution in [2.45, 2.75) is 56.1 Å². The molecule has 1 aliphatic carbocycles. The van der Waals surface area contributed by atoms with Crippen molar-refractivity contribution in [1.29, 1.82) is 0 Å². The summed E-state index contributed by atoms with van der Waals surface area (Å²) in [4.78, 5) is 0.338. The van der Waals surface area contributed by atoms with E-state index in [1.807, 2.05) is 6.07 Å². The molecule has 1 saturated heterocycles. The zero-order chi connectivity index (χ0) is 16.4. The third kappa shape index (κ3) is 3.87. The maximum Gasteiger partial charge on any atom is 0.243 e. The Labute approximate surface area is 138 Å². The van der Waals surface area contributed by atoms with Gasteiger partial charge in [-0.05, 0) is 56.2 Å². The van der Waals surface area contributed by atoms with E-state index in [1.54, 1.807) is 18.2 Å². The van der Waals surface area contributed by atoms with E-state index in [0.29, 0.717) is 36.9 Å². The lowest BCUT2D eigenvalue weighted by atomic mass is 10.1. The fourth-order valence-corrected chi connectivity index (χ4v) is 5.07. The van der Waals surface area contributed by atoms with Gasteiger partial charge in [-0.2, -0.15) is 4.31 Å². The quantitative estimate of drug-likeness (QED) is 0.885. The molecule has 3 rings (SSSR count). The number of nitrogens with one attached hydrogen (secondary N) is 1. The summed E-state index contributed by atoms with van der Waals surface area (Å²) in [6.45, 7) is 3.04. The maximum absolute atomic E-state index is 12.8. The summed E-state index contributed by atoms with van der Waals surface area (Å²) in [6.07, 6.45) is 4.15. The van der Waals surface area contributed by atoms with E-state index < -0.39 is 10.0 Å². The molecular formula is C17H26N2O3S.